The quantitative estimate of drug-likeness (QED) is 0.191. The molecule has 0 aromatic heterocycles. The molecule has 33 heavy (non-hydrogen) atoms. The predicted molar refractivity (Wildman–Crippen MR) is 144 cm³/mol. The molecule has 0 unspecified atom stereocenters. The molecule has 1 N–H and O–H groups in total. The second kappa shape index (κ2) is 19.6. The van der Waals surface area contributed by atoms with E-state index < -0.39 is 0 Å². The third-order valence-corrected chi connectivity index (χ3v) is 6.49. The van der Waals surface area contributed by atoms with Crippen LogP contribution >= 0.6 is 0 Å². The Kier molecular flexibility index (Phi) is 16.3. The van der Waals surface area contributed by atoms with Gasteiger partial charge in [-0.2, -0.15) is 0 Å². The van der Waals surface area contributed by atoms with Crippen LogP contribution in [-0.4, -0.2) is 13.2 Å². The summed E-state index contributed by atoms with van der Waals surface area (Å²) in [7, 11) is 0. The fourth-order valence-corrected chi connectivity index (χ4v) is 4.38. The second-order valence-electron chi connectivity index (χ2n) is 9.46. The number of hydrogen-bond donors (Lipinski definition) is 1. The third kappa shape index (κ3) is 14.1. The number of unbranched alkanes of at least 4 members (excludes halogenated alkanes) is 13. The summed E-state index contributed by atoms with van der Waals surface area (Å²) in [5.74, 6) is 1.02. The largest absolute Gasteiger partial charge is 0.493 e. The Bertz CT molecular complexity index is 684. The Hall–Kier alpha value is -1.80. The van der Waals surface area contributed by atoms with Gasteiger partial charge in [0.25, 0.3) is 0 Å². The summed E-state index contributed by atoms with van der Waals surface area (Å²) in [6, 6.07) is 19.0. The molecular weight excluding hydrogens is 402 g/mol. The maximum atomic E-state index is 6.08. The van der Waals surface area contributed by atoms with E-state index in [-0.39, 0.29) is 0 Å². The maximum absolute atomic E-state index is 6.08. The molecule has 2 aromatic carbocycles. The van der Waals surface area contributed by atoms with Gasteiger partial charge in [-0.15, -0.1) is 0 Å². The zero-order valence-corrected chi connectivity index (χ0v) is 21.3. The zero-order valence-electron chi connectivity index (χ0n) is 21.3. The molecule has 0 heterocycles. The van der Waals surface area contributed by atoms with Crippen LogP contribution in [-0.2, 0) is 13.0 Å². The van der Waals surface area contributed by atoms with Crippen molar-refractivity contribution in [3.63, 3.8) is 0 Å². The highest BCUT2D eigenvalue weighted by atomic mass is 16.5. The number of ether oxygens (including phenoxy) is 1. The van der Waals surface area contributed by atoms with Crippen molar-refractivity contribution in [1.82, 2.24) is 5.32 Å². The minimum absolute atomic E-state index is 0.722. The van der Waals surface area contributed by atoms with Gasteiger partial charge in [0.15, 0.2) is 0 Å². The van der Waals surface area contributed by atoms with E-state index in [1.807, 2.05) is 0 Å². The van der Waals surface area contributed by atoms with Crippen LogP contribution in [0.1, 0.15) is 108 Å². The van der Waals surface area contributed by atoms with Crippen LogP contribution in [0.15, 0.2) is 54.6 Å². The topological polar surface area (TPSA) is 21.3 Å². The van der Waals surface area contributed by atoms with Crippen LogP contribution in [0.5, 0.6) is 5.75 Å². The standard InChI is InChI=1S/C31H49NO/c1-2-3-4-5-6-7-8-9-10-11-12-13-14-20-26-32-28-30-23-18-19-24-31(30)33-27-25-29-21-16-15-17-22-29/h15-19,21-24,32H,2-14,20,25-28H2,1H3. The highest BCUT2D eigenvalue weighted by Crippen LogP contribution is 2.18. The number of para-hydroxylation sites is 1. The summed E-state index contributed by atoms with van der Waals surface area (Å²) in [6.45, 7) is 5.00. The Balaban J connectivity index is 1.42. The molecule has 0 bridgehead atoms. The first-order chi connectivity index (χ1) is 16.4. The lowest BCUT2D eigenvalue weighted by molar-refractivity contribution is 0.317. The molecule has 0 spiro atoms. The van der Waals surface area contributed by atoms with Gasteiger partial charge >= 0.3 is 0 Å². The molecule has 0 saturated heterocycles. The molecule has 2 nitrogen and oxygen atoms in total. The smallest absolute Gasteiger partial charge is 0.123 e. The van der Waals surface area contributed by atoms with E-state index in [0.29, 0.717) is 0 Å². The molecule has 0 aliphatic carbocycles. The molecule has 184 valence electrons. The monoisotopic (exact) mass is 451 g/mol. The van der Waals surface area contributed by atoms with Crippen LogP contribution in [0, 0.1) is 0 Å². The van der Waals surface area contributed by atoms with Gasteiger partial charge in [-0.1, -0.05) is 139 Å². The first kappa shape index (κ1) is 27.4. The lowest BCUT2D eigenvalue weighted by Crippen LogP contribution is -2.15. The summed E-state index contributed by atoms with van der Waals surface area (Å²) in [5, 5.41) is 3.61. The van der Waals surface area contributed by atoms with Crippen molar-refractivity contribution >= 4 is 0 Å². The van der Waals surface area contributed by atoms with Crippen LogP contribution in [0.25, 0.3) is 0 Å². The summed E-state index contributed by atoms with van der Waals surface area (Å²) in [4.78, 5) is 0. The van der Waals surface area contributed by atoms with Gasteiger partial charge in [-0.3, -0.25) is 0 Å². The van der Waals surface area contributed by atoms with E-state index in [0.717, 1.165) is 31.9 Å². The first-order valence-corrected chi connectivity index (χ1v) is 13.9. The number of hydrogen-bond acceptors (Lipinski definition) is 2. The molecule has 0 aliphatic heterocycles. The van der Waals surface area contributed by atoms with E-state index in [1.54, 1.807) is 0 Å². The molecular formula is C31H49NO. The van der Waals surface area contributed by atoms with Crippen LogP contribution in [0.3, 0.4) is 0 Å². The molecule has 0 radical (unpaired) electrons. The summed E-state index contributed by atoms with van der Waals surface area (Å²) < 4.78 is 6.08. The van der Waals surface area contributed by atoms with Gasteiger partial charge < -0.3 is 10.1 Å². The summed E-state index contributed by atoms with van der Waals surface area (Å²) in [6.07, 6.45) is 20.7. The van der Waals surface area contributed by atoms with Gasteiger partial charge in [0.2, 0.25) is 0 Å². The Morgan fingerprint density at radius 3 is 1.79 bits per heavy atom. The van der Waals surface area contributed by atoms with E-state index in [9.17, 15) is 0 Å². The molecule has 0 amide bonds. The van der Waals surface area contributed by atoms with Gasteiger partial charge in [0.05, 0.1) is 6.61 Å². The predicted octanol–water partition coefficient (Wildman–Crippen LogP) is 8.88. The fraction of sp³-hybridized carbons (Fsp3) is 0.613. The lowest BCUT2D eigenvalue weighted by Gasteiger charge is -2.12. The van der Waals surface area contributed by atoms with Crippen LogP contribution in [0.4, 0.5) is 0 Å². The Labute approximate surface area is 204 Å². The zero-order chi connectivity index (χ0) is 23.2. The minimum Gasteiger partial charge on any atom is -0.493 e. The summed E-state index contributed by atoms with van der Waals surface area (Å²) >= 11 is 0. The van der Waals surface area contributed by atoms with E-state index in [1.165, 1.54) is 101 Å². The molecule has 0 saturated carbocycles. The minimum atomic E-state index is 0.722. The van der Waals surface area contributed by atoms with Crippen molar-refractivity contribution in [2.45, 2.75) is 110 Å². The van der Waals surface area contributed by atoms with Crippen LogP contribution in [0.2, 0.25) is 0 Å². The number of nitrogens with one attached hydrogen (secondary N) is 1. The van der Waals surface area contributed by atoms with E-state index in [2.05, 4.69) is 66.8 Å². The van der Waals surface area contributed by atoms with E-state index >= 15 is 0 Å². The van der Waals surface area contributed by atoms with Gasteiger partial charge in [0, 0.05) is 18.5 Å². The Morgan fingerprint density at radius 2 is 1.15 bits per heavy atom. The molecule has 0 aliphatic rings. The highest BCUT2D eigenvalue weighted by Gasteiger charge is 2.03. The highest BCUT2D eigenvalue weighted by molar-refractivity contribution is 5.33. The second-order valence-corrected chi connectivity index (χ2v) is 9.46. The SMILES string of the molecule is CCCCCCCCCCCCCCCCNCc1ccccc1OCCc1ccccc1. The van der Waals surface area contributed by atoms with Gasteiger partial charge in [0.1, 0.15) is 5.75 Å². The average molecular weight is 452 g/mol. The van der Waals surface area contributed by atoms with Crippen molar-refractivity contribution in [3.05, 3.63) is 65.7 Å². The maximum Gasteiger partial charge on any atom is 0.123 e. The average Bonchev–Trinajstić information content (AvgIpc) is 2.85. The molecule has 0 atom stereocenters. The third-order valence-electron chi connectivity index (χ3n) is 6.49. The number of rotatable bonds is 21. The molecule has 2 rings (SSSR count). The Morgan fingerprint density at radius 1 is 0.606 bits per heavy atom. The van der Waals surface area contributed by atoms with Gasteiger partial charge in [-0.05, 0) is 24.6 Å². The van der Waals surface area contributed by atoms with Crippen LogP contribution < -0.4 is 10.1 Å². The van der Waals surface area contributed by atoms with Crippen molar-refractivity contribution in [2.75, 3.05) is 13.2 Å². The van der Waals surface area contributed by atoms with Gasteiger partial charge in [-0.25, -0.2) is 0 Å². The number of benzene rings is 2. The van der Waals surface area contributed by atoms with E-state index in [4.69, 9.17) is 4.74 Å². The fourth-order valence-electron chi connectivity index (χ4n) is 4.38. The summed E-state index contributed by atoms with van der Waals surface area (Å²) in [5.41, 5.74) is 2.59. The van der Waals surface area contributed by atoms with Crippen molar-refractivity contribution < 1.29 is 4.74 Å². The van der Waals surface area contributed by atoms with Crippen molar-refractivity contribution in [1.29, 1.82) is 0 Å². The van der Waals surface area contributed by atoms with Crippen molar-refractivity contribution in [2.24, 2.45) is 0 Å². The lowest BCUT2D eigenvalue weighted by atomic mass is 10.0. The normalized spacial score (nSPS) is 11.1. The molecule has 2 aromatic rings. The van der Waals surface area contributed by atoms with Crippen molar-refractivity contribution in [3.8, 4) is 5.75 Å². The molecule has 2 heteroatoms. The molecule has 0 fully saturated rings. The first-order valence-electron chi connectivity index (χ1n) is 13.9.